The highest BCUT2D eigenvalue weighted by Crippen LogP contribution is 2.19. The molecule has 0 bridgehead atoms. The molecule has 0 saturated heterocycles. The second kappa shape index (κ2) is 5.94. The van der Waals surface area contributed by atoms with Crippen LogP contribution in [0.3, 0.4) is 0 Å². The number of rotatable bonds is 6. The summed E-state index contributed by atoms with van der Waals surface area (Å²) in [5, 5.41) is 4.10. The Kier molecular flexibility index (Phi) is 4.78. The minimum Gasteiger partial charge on any atom is -0.470 e. The Hall–Kier alpha value is -0.610. The fraction of sp³-hybridized carbons (Fsp3) is 0.667. The van der Waals surface area contributed by atoms with E-state index in [-0.39, 0.29) is 0 Å². The topological polar surface area (TPSA) is 34.2 Å². The zero-order chi connectivity index (χ0) is 9.52. The second-order valence-electron chi connectivity index (χ2n) is 2.70. The molecule has 3 nitrogen and oxygen atoms in total. The Labute approximate surface area is 83.1 Å². The normalized spacial score (nSPS) is 10.3. The third kappa shape index (κ3) is 3.74. The molecule has 0 radical (unpaired) electrons. The summed E-state index contributed by atoms with van der Waals surface area (Å²) in [5.41, 5.74) is 0. The minimum atomic E-state index is 0.690. The van der Waals surface area contributed by atoms with Crippen molar-refractivity contribution in [1.82, 2.24) is 10.3 Å². The Morgan fingerprint density at radius 2 is 2.38 bits per heavy atom. The van der Waals surface area contributed by atoms with Gasteiger partial charge in [0.15, 0.2) is 0 Å². The van der Waals surface area contributed by atoms with E-state index in [4.69, 9.17) is 4.74 Å². The molecule has 0 aliphatic heterocycles. The molecular weight excluding hydrogens is 184 g/mol. The number of hydrogen-bond donors (Lipinski definition) is 1. The van der Waals surface area contributed by atoms with Gasteiger partial charge in [-0.25, -0.2) is 4.98 Å². The van der Waals surface area contributed by atoms with Crippen LogP contribution < -0.4 is 10.1 Å². The van der Waals surface area contributed by atoms with Gasteiger partial charge in [0.25, 0.3) is 5.19 Å². The van der Waals surface area contributed by atoms with Crippen molar-refractivity contribution in [1.29, 1.82) is 0 Å². The maximum Gasteiger partial charge on any atom is 0.273 e. The molecule has 1 N–H and O–H groups in total. The highest BCUT2D eigenvalue weighted by molar-refractivity contribution is 7.13. The quantitative estimate of drug-likeness (QED) is 0.714. The minimum absolute atomic E-state index is 0.690. The highest BCUT2D eigenvalue weighted by atomic mass is 32.1. The Morgan fingerprint density at radius 3 is 3.08 bits per heavy atom. The van der Waals surface area contributed by atoms with Crippen LogP contribution in [0.2, 0.25) is 0 Å². The van der Waals surface area contributed by atoms with Crippen molar-refractivity contribution in [3.05, 3.63) is 11.1 Å². The lowest BCUT2D eigenvalue weighted by molar-refractivity contribution is 0.338. The number of nitrogens with zero attached hydrogens (tertiary/aromatic N) is 1. The van der Waals surface area contributed by atoms with Crippen LogP contribution in [0.5, 0.6) is 5.19 Å². The molecule has 0 aliphatic rings. The third-order valence-electron chi connectivity index (χ3n) is 1.53. The molecule has 0 aliphatic carbocycles. The van der Waals surface area contributed by atoms with E-state index in [2.05, 4.69) is 17.2 Å². The van der Waals surface area contributed by atoms with Gasteiger partial charge in [-0.2, -0.15) is 0 Å². The summed E-state index contributed by atoms with van der Waals surface area (Å²) in [6, 6.07) is 0. The number of ether oxygens (including phenoxy) is 1. The first-order chi connectivity index (χ1) is 6.36. The molecule has 0 atom stereocenters. The molecule has 0 spiro atoms. The second-order valence-corrected chi connectivity index (χ2v) is 3.78. The summed E-state index contributed by atoms with van der Waals surface area (Å²) in [6.45, 7) is 6.78. The lowest BCUT2D eigenvalue weighted by Gasteiger charge is -1.98. The number of aromatic nitrogens is 1. The van der Waals surface area contributed by atoms with Gasteiger partial charge in [0.2, 0.25) is 0 Å². The first-order valence-electron chi connectivity index (χ1n) is 4.65. The van der Waals surface area contributed by atoms with Crippen LogP contribution in [0.1, 0.15) is 25.1 Å². The van der Waals surface area contributed by atoms with Crippen molar-refractivity contribution < 1.29 is 4.74 Å². The summed E-state index contributed by atoms with van der Waals surface area (Å²) in [4.78, 5) is 5.37. The van der Waals surface area contributed by atoms with Crippen molar-refractivity contribution in [3.63, 3.8) is 0 Å². The van der Waals surface area contributed by atoms with Gasteiger partial charge in [-0.15, -0.1) is 0 Å². The zero-order valence-corrected chi connectivity index (χ0v) is 8.99. The Morgan fingerprint density at radius 1 is 1.54 bits per heavy atom. The van der Waals surface area contributed by atoms with E-state index < -0.39 is 0 Å². The number of hydrogen-bond acceptors (Lipinski definition) is 4. The molecule has 0 aromatic carbocycles. The first kappa shape index (κ1) is 10.5. The van der Waals surface area contributed by atoms with Gasteiger partial charge < -0.3 is 10.1 Å². The van der Waals surface area contributed by atoms with E-state index in [0.717, 1.165) is 24.7 Å². The van der Waals surface area contributed by atoms with Crippen LogP contribution in [-0.4, -0.2) is 18.1 Å². The van der Waals surface area contributed by atoms with E-state index in [1.165, 1.54) is 4.88 Å². The van der Waals surface area contributed by atoms with E-state index in [1.54, 1.807) is 11.3 Å². The van der Waals surface area contributed by atoms with Crippen LogP contribution in [0.25, 0.3) is 0 Å². The largest absolute Gasteiger partial charge is 0.470 e. The van der Waals surface area contributed by atoms with Crippen molar-refractivity contribution >= 4 is 11.3 Å². The molecule has 1 rings (SSSR count). The van der Waals surface area contributed by atoms with E-state index in [1.807, 2.05) is 13.1 Å². The molecule has 1 aromatic rings. The van der Waals surface area contributed by atoms with Crippen LogP contribution in [-0.2, 0) is 6.54 Å². The molecule has 13 heavy (non-hydrogen) atoms. The predicted molar refractivity (Wildman–Crippen MR) is 55.3 cm³/mol. The molecule has 1 heterocycles. The molecule has 4 heteroatoms. The van der Waals surface area contributed by atoms with Crippen molar-refractivity contribution in [2.45, 2.75) is 26.8 Å². The predicted octanol–water partition coefficient (Wildman–Crippen LogP) is 2.04. The van der Waals surface area contributed by atoms with Crippen LogP contribution in [0, 0.1) is 0 Å². The number of nitrogens with one attached hydrogen (secondary N) is 1. The molecule has 1 aromatic heterocycles. The molecule has 74 valence electrons. The fourth-order valence-corrected chi connectivity index (χ4v) is 1.74. The average molecular weight is 200 g/mol. The SMILES string of the molecule is CCCNCc1cnc(OCC)s1. The lowest BCUT2D eigenvalue weighted by Crippen LogP contribution is -2.12. The Bertz CT molecular complexity index is 237. The zero-order valence-electron chi connectivity index (χ0n) is 8.17. The summed E-state index contributed by atoms with van der Waals surface area (Å²) in [5.74, 6) is 0. The van der Waals surface area contributed by atoms with Gasteiger partial charge in [0, 0.05) is 17.6 Å². The standard InChI is InChI=1S/C9H16N2OS/c1-3-5-10-6-8-7-11-9(13-8)12-4-2/h7,10H,3-6H2,1-2H3. The maximum atomic E-state index is 5.27. The van der Waals surface area contributed by atoms with Gasteiger partial charge in [-0.1, -0.05) is 18.3 Å². The highest BCUT2D eigenvalue weighted by Gasteiger charge is 2.00. The molecular formula is C9H16N2OS. The van der Waals surface area contributed by atoms with Crippen molar-refractivity contribution in [2.75, 3.05) is 13.2 Å². The van der Waals surface area contributed by atoms with Gasteiger partial charge >= 0.3 is 0 Å². The third-order valence-corrected chi connectivity index (χ3v) is 2.44. The van der Waals surface area contributed by atoms with Gasteiger partial charge in [0.05, 0.1) is 6.61 Å². The van der Waals surface area contributed by atoms with E-state index in [0.29, 0.717) is 6.61 Å². The Balaban J connectivity index is 2.31. The van der Waals surface area contributed by atoms with Crippen LogP contribution >= 0.6 is 11.3 Å². The monoisotopic (exact) mass is 200 g/mol. The van der Waals surface area contributed by atoms with Gasteiger partial charge in [-0.3, -0.25) is 0 Å². The van der Waals surface area contributed by atoms with E-state index >= 15 is 0 Å². The number of thiazole rings is 1. The average Bonchev–Trinajstić information content (AvgIpc) is 2.54. The summed E-state index contributed by atoms with van der Waals surface area (Å²) >= 11 is 1.61. The first-order valence-corrected chi connectivity index (χ1v) is 5.46. The molecule has 0 amide bonds. The maximum absolute atomic E-state index is 5.27. The summed E-state index contributed by atoms with van der Waals surface area (Å²) < 4.78 is 5.27. The van der Waals surface area contributed by atoms with Gasteiger partial charge in [0.1, 0.15) is 0 Å². The summed E-state index contributed by atoms with van der Waals surface area (Å²) in [7, 11) is 0. The fourth-order valence-electron chi connectivity index (χ4n) is 0.950. The lowest BCUT2D eigenvalue weighted by atomic mass is 10.4. The summed E-state index contributed by atoms with van der Waals surface area (Å²) in [6.07, 6.45) is 3.04. The van der Waals surface area contributed by atoms with Crippen molar-refractivity contribution in [3.8, 4) is 5.19 Å². The van der Waals surface area contributed by atoms with Crippen molar-refractivity contribution in [2.24, 2.45) is 0 Å². The van der Waals surface area contributed by atoms with Crippen LogP contribution in [0.15, 0.2) is 6.20 Å². The molecule has 0 fully saturated rings. The molecule has 0 saturated carbocycles. The molecule has 0 unspecified atom stereocenters. The van der Waals surface area contributed by atoms with Gasteiger partial charge in [-0.05, 0) is 19.9 Å². The van der Waals surface area contributed by atoms with Crippen LogP contribution in [0.4, 0.5) is 0 Å². The van der Waals surface area contributed by atoms with E-state index in [9.17, 15) is 0 Å². The smallest absolute Gasteiger partial charge is 0.273 e.